The van der Waals surface area contributed by atoms with E-state index in [2.05, 4.69) is 20.6 Å². The van der Waals surface area contributed by atoms with E-state index in [0.717, 1.165) is 63.9 Å². The molecule has 0 aromatic carbocycles. The lowest BCUT2D eigenvalue weighted by molar-refractivity contribution is 0.0888. The lowest BCUT2D eigenvalue weighted by atomic mass is 10.1. The van der Waals surface area contributed by atoms with Crippen molar-refractivity contribution in [2.75, 3.05) is 59.8 Å². The minimum atomic E-state index is 0. The SMILES string of the molecule is CCNC(=NCc1cccnc1OCCOC)NCCCOCC1CCOC1.I. The molecule has 1 atom stereocenters. The molecule has 0 bridgehead atoms. The van der Waals surface area contributed by atoms with Crippen LogP contribution in [0.25, 0.3) is 0 Å². The average molecular weight is 522 g/mol. The highest BCUT2D eigenvalue weighted by atomic mass is 127. The molecule has 0 radical (unpaired) electrons. The third-order valence-corrected chi connectivity index (χ3v) is 4.26. The molecule has 0 amide bonds. The van der Waals surface area contributed by atoms with Gasteiger partial charge in [-0.05, 0) is 25.8 Å². The fourth-order valence-electron chi connectivity index (χ4n) is 2.75. The van der Waals surface area contributed by atoms with Crippen molar-refractivity contribution in [3.8, 4) is 5.88 Å². The van der Waals surface area contributed by atoms with Crippen LogP contribution in [0.5, 0.6) is 5.88 Å². The molecule has 166 valence electrons. The normalized spacial score (nSPS) is 16.3. The number of hydrogen-bond donors (Lipinski definition) is 2. The third-order valence-electron chi connectivity index (χ3n) is 4.26. The standard InChI is InChI=1S/C20H34N4O4.HI/c1-3-21-20(23-9-5-10-26-15-17-7-11-27-16-17)24-14-18-6-4-8-22-19(18)28-13-12-25-2;/h4,6,8,17H,3,5,7,9-16H2,1-2H3,(H2,21,23,24);1H. The predicted octanol–water partition coefficient (Wildman–Crippen LogP) is 2.22. The lowest BCUT2D eigenvalue weighted by Gasteiger charge is -2.13. The molecule has 1 fully saturated rings. The van der Waals surface area contributed by atoms with Gasteiger partial charge in [-0.2, -0.15) is 0 Å². The van der Waals surface area contributed by atoms with Gasteiger partial charge in [0.15, 0.2) is 5.96 Å². The molecule has 8 nitrogen and oxygen atoms in total. The molecule has 1 aromatic rings. The Hall–Kier alpha value is -1.17. The van der Waals surface area contributed by atoms with Crippen LogP contribution in [0.4, 0.5) is 0 Å². The molecule has 1 saturated heterocycles. The quantitative estimate of drug-likeness (QED) is 0.178. The van der Waals surface area contributed by atoms with Gasteiger partial charge in [-0.3, -0.25) is 0 Å². The summed E-state index contributed by atoms with van der Waals surface area (Å²) in [6.07, 6.45) is 3.76. The molecule has 1 aromatic heterocycles. The monoisotopic (exact) mass is 522 g/mol. The van der Waals surface area contributed by atoms with E-state index in [4.69, 9.17) is 18.9 Å². The van der Waals surface area contributed by atoms with Crippen LogP contribution in [0.15, 0.2) is 23.3 Å². The van der Waals surface area contributed by atoms with Crippen molar-refractivity contribution in [2.24, 2.45) is 10.9 Å². The van der Waals surface area contributed by atoms with Gasteiger partial charge in [0.05, 0.1) is 26.4 Å². The highest BCUT2D eigenvalue weighted by Gasteiger charge is 2.15. The van der Waals surface area contributed by atoms with Crippen LogP contribution >= 0.6 is 24.0 Å². The van der Waals surface area contributed by atoms with Gasteiger partial charge in [0, 0.05) is 51.1 Å². The average Bonchev–Trinajstić information content (AvgIpc) is 3.23. The molecule has 9 heteroatoms. The van der Waals surface area contributed by atoms with Crippen molar-refractivity contribution in [3.63, 3.8) is 0 Å². The summed E-state index contributed by atoms with van der Waals surface area (Å²) in [5.74, 6) is 1.94. The summed E-state index contributed by atoms with van der Waals surface area (Å²) < 4.78 is 21.8. The Balaban J connectivity index is 0.00000420. The smallest absolute Gasteiger partial charge is 0.218 e. The van der Waals surface area contributed by atoms with Gasteiger partial charge in [0.2, 0.25) is 5.88 Å². The second-order valence-corrected chi connectivity index (χ2v) is 6.59. The Morgan fingerprint density at radius 3 is 2.97 bits per heavy atom. The summed E-state index contributed by atoms with van der Waals surface area (Å²) >= 11 is 0. The van der Waals surface area contributed by atoms with E-state index in [0.29, 0.717) is 31.6 Å². The summed E-state index contributed by atoms with van der Waals surface area (Å²) in [7, 11) is 1.65. The Kier molecular flexibility index (Phi) is 14.8. The maximum absolute atomic E-state index is 5.74. The van der Waals surface area contributed by atoms with Crippen LogP contribution in [-0.2, 0) is 20.8 Å². The highest BCUT2D eigenvalue weighted by molar-refractivity contribution is 14.0. The van der Waals surface area contributed by atoms with E-state index in [9.17, 15) is 0 Å². The Morgan fingerprint density at radius 2 is 2.21 bits per heavy atom. The van der Waals surface area contributed by atoms with E-state index in [1.807, 2.05) is 19.1 Å². The number of hydrogen-bond acceptors (Lipinski definition) is 6. The zero-order valence-corrected chi connectivity index (χ0v) is 19.9. The van der Waals surface area contributed by atoms with Crippen LogP contribution in [-0.4, -0.2) is 70.8 Å². The number of nitrogens with one attached hydrogen (secondary N) is 2. The molecule has 1 aliphatic rings. The summed E-state index contributed by atoms with van der Waals surface area (Å²) in [6, 6.07) is 3.86. The lowest BCUT2D eigenvalue weighted by Crippen LogP contribution is -2.38. The highest BCUT2D eigenvalue weighted by Crippen LogP contribution is 2.15. The first-order valence-electron chi connectivity index (χ1n) is 10.1. The molecular weight excluding hydrogens is 487 g/mol. The fraction of sp³-hybridized carbons (Fsp3) is 0.700. The van der Waals surface area contributed by atoms with Gasteiger partial charge >= 0.3 is 0 Å². The van der Waals surface area contributed by atoms with E-state index in [-0.39, 0.29) is 24.0 Å². The Morgan fingerprint density at radius 1 is 1.31 bits per heavy atom. The number of pyridine rings is 1. The van der Waals surface area contributed by atoms with Gasteiger partial charge in [-0.1, -0.05) is 6.07 Å². The van der Waals surface area contributed by atoms with Crippen LogP contribution in [0.3, 0.4) is 0 Å². The molecule has 1 unspecified atom stereocenters. The number of halogens is 1. The Bertz CT molecular complexity index is 571. The minimum Gasteiger partial charge on any atom is -0.475 e. The molecule has 1 aliphatic heterocycles. The number of aromatic nitrogens is 1. The van der Waals surface area contributed by atoms with E-state index >= 15 is 0 Å². The Labute approximate surface area is 191 Å². The van der Waals surface area contributed by atoms with E-state index in [1.54, 1.807) is 13.3 Å². The van der Waals surface area contributed by atoms with Gasteiger partial charge in [-0.25, -0.2) is 9.98 Å². The number of methoxy groups -OCH3 is 1. The molecule has 2 rings (SSSR count). The maximum atomic E-state index is 5.74. The van der Waals surface area contributed by atoms with Gasteiger partial charge in [0.1, 0.15) is 6.61 Å². The zero-order valence-electron chi connectivity index (χ0n) is 17.5. The number of aliphatic imine (C=N–C) groups is 1. The van der Waals surface area contributed by atoms with E-state index in [1.165, 1.54) is 0 Å². The number of nitrogens with zero attached hydrogens (tertiary/aromatic N) is 2. The fourth-order valence-corrected chi connectivity index (χ4v) is 2.75. The molecule has 0 spiro atoms. The number of guanidine groups is 1. The third kappa shape index (κ3) is 11.0. The molecule has 0 saturated carbocycles. The summed E-state index contributed by atoms with van der Waals surface area (Å²) in [5.41, 5.74) is 0.943. The van der Waals surface area contributed by atoms with Gasteiger partial charge in [-0.15, -0.1) is 24.0 Å². The van der Waals surface area contributed by atoms with Crippen molar-refractivity contribution in [3.05, 3.63) is 23.9 Å². The first-order valence-corrected chi connectivity index (χ1v) is 10.1. The minimum absolute atomic E-state index is 0. The first kappa shape index (κ1) is 25.9. The summed E-state index contributed by atoms with van der Waals surface area (Å²) in [6.45, 7) is 8.37. The second kappa shape index (κ2) is 16.6. The van der Waals surface area contributed by atoms with Gasteiger partial charge in [0.25, 0.3) is 0 Å². The largest absolute Gasteiger partial charge is 0.475 e. The number of ether oxygens (including phenoxy) is 4. The topological polar surface area (TPSA) is 86.2 Å². The van der Waals surface area contributed by atoms with Crippen LogP contribution < -0.4 is 15.4 Å². The van der Waals surface area contributed by atoms with Gasteiger partial charge < -0.3 is 29.6 Å². The van der Waals surface area contributed by atoms with Crippen molar-refractivity contribution in [1.29, 1.82) is 0 Å². The molecule has 0 aliphatic carbocycles. The van der Waals surface area contributed by atoms with Crippen molar-refractivity contribution < 1.29 is 18.9 Å². The molecule has 29 heavy (non-hydrogen) atoms. The maximum Gasteiger partial charge on any atom is 0.218 e. The van der Waals surface area contributed by atoms with Crippen molar-refractivity contribution in [1.82, 2.24) is 15.6 Å². The number of rotatable bonds is 13. The predicted molar refractivity (Wildman–Crippen MR) is 124 cm³/mol. The second-order valence-electron chi connectivity index (χ2n) is 6.59. The van der Waals surface area contributed by atoms with Crippen molar-refractivity contribution in [2.45, 2.75) is 26.3 Å². The van der Waals surface area contributed by atoms with Crippen LogP contribution in [0.1, 0.15) is 25.3 Å². The first-order chi connectivity index (χ1) is 13.8. The molecular formula is C20H35IN4O4. The zero-order chi connectivity index (χ0) is 19.9. The summed E-state index contributed by atoms with van der Waals surface area (Å²) in [4.78, 5) is 8.93. The molecule has 2 N–H and O–H groups in total. The molecule has 2 heterocycles. The van der Waals surface area contributed by atoms with Crippen molar-refractivity contribution >= 4 is 29.9 Å². The van der Waals surface area contributed by atoms with E-state index < -0.39 is 0 Å². The van der Waals surface area contributed by atoms with Crippen LogP contribution in [0.2, 0.25) is 0 Å². The summed E-state index contributed by atoms with van der Waals surface area (Å²) in [5, 5.41) is 6.60. The van der Waals surface area contributed by atoms with Crippen LogP contribution in [0, 0.1) is 5.92 Å².